The van der Waals surface area contributed by atoms with Crippen LogP contribution in [0.3, 0.4) is 0 Å². The number of hydrogen-bond acceptors (Lipinski definition) is 7. The lowest BCUT2D eigenvalue weighted by atomic mass is 9.94. The van der Waals surface area contributed by atoms with Crippen LogP contribution < -0.4 is 4.72 Å². The Kier molecular flexibility index (Phi) is 6.79. The predicted octanol–water partition coefficient (Wildman–Crippen LogP) is 5.58. The van der Waals surface area contributed by atoms with Gasteiger partial charge in [0.1, 0.15) is 6.10 Å². The Labute approximate surface area is 207 Å². The standard InChI is InChI=1S/C24H30ClN3O3S2/c1-14-22(28-11-21(32-23(28)26-14)24(2,3)31-18-12-30-13-18)15-4-9-19(25)20(10-15)33-27-16-5-7-17(29)8-6-16/h4,9-11,16-18,27,29H,5-8,12-13H2,1-3H3. The normalized spacial score (nSPS) is 22.1. The summed E-state index contributed by atoms with van der Waals surface area (Å²) in [5, 5.41) is 10.5. The van der Waals surface area contributed by atoms with Crippen molar-refractivity contribution in [1.29, 1.82) is 0 Å². The fourth-order valence-electron chi connectivity index (χ4n) is 4.41. The summed E-state index contributed by atoms with van der Waals surface area (Å²) in [4.78, 5) is 7.94. The first-order valence-corrected chi connectivity index (χ1v) is 13.5. The maximum Gasteiger partial charge on any atom is 0.194 e. The minimum absolute atomic E-state index is 0.153. The van der Waals surface area contributed by atoms with E-state index in [1.807, 2.05) is 6.07 Å². The van der Waals surface area contributed by atoms with Crippen molar-refractivity contribution >= 4 is 39.8 Å². The molecule has 2 aromatic heterocycles. The molecule has 2 N–H and O–H groups in total. The molecular weight excluding hydrogens is 478 g/mol. The van der Waals surface area contributed by atoms with Gasteiger partial charge in [-0.1, -0.05) is 29.0 Å². The first-order valence-electron chi connectivity index (χ1n) is 11.4. The Bertz CT molecular complexity index is 1130. The molecule has 2 aliphatic rings. The topological polar surface area (TPSA) is 68.0 Å². The Morgan fingerprint density at radius 3 is 2.73 bits per heavy atom. The molecule has 3 heterocycles. The molecule has 0 amide bonds. The van der Waals surface area contributed by atoms with Gasteiger partial charge in [0.2, 0.25) is 0 Å². The molecule has 1 aliphatic carbocycles. The molecule has 0 spiro atoms. The molecular formula is C24H30ClN3O3S2. The van der Waals surface area contributed by atoms with Crippen molar-refractivity contribution in [3.8, 4) is 11.3 Å². The number of aryl methyl sites for hydroxylation is 1. The van der Waals surface area contributed by atoms with E-state index in [0.29, 0.717) is 19.3 Å². The number of ether oxygens (including phenoxy) is 2. The molecule has 178 valence electrons. The number of aliphatic hydroxyl groups is 1. The summed E-state index contributed by atoms with van der Waals surface area (Å²) in [6, 6.07) is 6.55. The van der Waals surface area contributed by atoms with E-state index in [0.717, 1.165) is 62.4 Å². The maximum absolute atomic E-state index is 9.74. The molecule has 3 aromatic rings. The summed E-state index contributed by atoms with van der Waals surface area (Å²) < 4.78 is 17.3. The Morgan fingerprint density at radius 2 is 2.03 bits per heavy atom. The third kappa shape index (κ3) is 4.98. The molecule has 5 rings (SSSR count). The van der Waals surface area contributed by atoms with Crippen LogP contribution in [-0.2, 0) is 15.1 Å². The lowest BCUT2D eigenvalue weighted by molar-refractivity contribution is -0.184. The molecule has 33 heavy (non-hydrogen) atoms. The van der Waals surface area contributed by atoms with Crippen LogP contribution >= 0.6 is 34.9 Å². The number of fused-ring (bicyclic) bond motifs is 1. The number of benzene rings is 1. The Hall–Kier alpha value is -1.13. The summed E-state index contributed by atoms with van der Waals surface area (Å²) in [7, 11) is 0. The number of rotatable bonds is 7. The molecule has 1 saturated carbocycles. The zero-order chi connectivity index (χ0) is 23.2. The van der Waals surface area contributed by atoms with Gasteiger partial charge in [-0.15, -0.1) is 0 Å². The van der Waals surface area contributed by atoms with Gasteiger partial charge in [-0.3, -0.25) is 9.12 Å². The van der Waals surface area contributed by atoms with Crippen molar-refractivity contribution in [3.05, 3.63) is 40.0 Å². The monoisotopic (exact) mass is 507 g/mol. The van der Waals surface area contributed by atoms with Crippen LogP contribution in [0, 0.1) is 6.92 Å². The van der Waals surface area contributed by atoms with Crippen LogP contribution in [0.1, 0.15) is 50.1 Å². The minimum atomic E-state index is -0.399. The number of nitrogens with one attached hydrogen (secondary N) is 1. The Morgan fingerprint density at radius 1 is 1.27 bits per heavy atom. The summed E-state index contributed by atoms with van der Waals surface area (Å²) in [6.07, 6.45) is 5.83. The smallest absolute Gasteiger partial charge is 0.194 e. The molecule has 1 saturated heterocycles. The lowest BCUT2D eigenvalue weighted by Crippen LogP contribution is -2.41. The van der Waals surface area contributed by atoms with Crippen molar-refractivity contribution < 1.29 is 14.6 Å². The van der Waals surface area contributed by atoms with Crippen molar-refractivity contribution in [2.24, 2.45) is 0 Å². The summed E-state index contributed by atoms with van der Waals surface area (Å²) in [5.74, 6) is 0. The average molecular weight is 508 g/mol. The maximum atomic E-state index is 9.74. The first kappa shape index (κ1) is 23.6. The highest BCUT2D eigenvalue weighted by Crippen LogP contribution is 2.38. The summed E-state index contributed by atoms with van der Waals surface area (Å²) in [5.41, 5.74) is 2.76. The quantitative estimate of drug-likeness (QED) is 0.407. The van der Waals surface area contributed by atoms with Gasteiger partial charge in [0.15, 0.2) is 4.96 Å². The number of aliphatic hydroxyl groups excluding tert-OH is 1. The molecule has 0 bridgehead atoms. The van der Waals surface area contributed by atoms with Crippen LogP contribution in [0.15, 0.2) is 29.3 Å². The highest BCUT2D eigenvalue weighted by Gasteiger charge is 2.32. The Balaban J connectivity index is 1.39. The zero-order valence-corrected chi connectivity index (χ0v) is 21.5. The molecule has 9 heteroatoms. The minimum Gasteiger partial charge on any atom is -0.393 e. The van der Waals surface area contributed by atoms with Crippen LogP contribution in [0.2, 0.25) is 5.02 Å². The first-order chi connectivity index (χ1) is 15.8. The molecule has 1 aliphatic heterocycles. The fourth-order valence-corrected chi connectivity index (χ4v) is 6.59. The number of nitrogens with zero attached hydrogens (tertiary/aromatic N) is 2. The number of hydrogen-bond donors (Lipinski definition) is 2. The van der Waals surface area contributed by atoms with Crippen molar-refractivity contribution in [2.45, 2.75) is 75.2 Å². The van der Waals surface area contributed by atoms with Crippen LogP contribution in [0.25, 0.3) is 16.2 Å². The van der Waals surface area contributed by atoms with E-state index in [9.17, 15) is 5.11 Å². The van der Waals surface area contributed by atoms with E-state index >= 15 is 0 Å². The van der Waals surface area contributed by atoms with Gasteiger partial charge in [0, 0.05) is 22.7 Å². The van der Waals surface area contributed by atoms with E-state index in [4.69, 9.17) is 26.1 Å². The van der Waals surface area contributed by atoms with E-state index < -0.39 is 5.60 Å². The highest BCUT2D eigenvalue weighted by molar-refractivity contribution is 7.97. The van der Waals surface area contributed by atoms with Gasteiger partial charge in [0.25, 0.3) is 0 Å². The van der Waals surface area contributed by atoms with Crippen LogP contribution in [-0.4, -0.2) is 46.0 Å². The van der Waals surface area contributed by atoms with Crippen LogP contribution in [0.5, 0.6) is 0 Å². The molecule has 2 fully saturated rings. The number of thiazole rings is 1. The van der Waals surface area contributed by atoms with E-state index in [1.54, 1.807) is 23.3 Å². The van der Waals surface area contributed by atoms with Gasteiger partial charge in [-0.2, -0.15) is 0 Å². The van der Waals surface area contributed by atoms with Gasteiger partial charge in [-0.25, -0.2) is 4.98 Å². The number of imidazole rings is 1. The number of halogens is 1. The molecule has 0 atom stereocenters. The van der Waals surface area contributed by atoms with Crippen LogP contribution in [0.4, 0.5) is 0 Å². The van der Waals surface area contributed by atoms with E-state index in [-0.39, 0.29) is 12.2 Å². The molecule has 0 unspecified atom stereocenters. The van der Waals surface area contributed by atoms with Gasteiger partial charge in [0.05, 0.1) is 46.2 Å². The zero-order valence-electron chi connectivity index (χ0n) is 19.1. The van der Waals surface area contributed by atoms with Crippen molar-refractivity contribution in [2.75, 3.05) is 13.2 Å². The van der Waals surface area contributed by atoms with E-state index in [2.05, 4.69) is 48.2 Å². The summed E-state index contributed by atoms with van der Waals surface area (Å²) in [6.45, 7) is 7.59. The third-order valence-corrected chi connectivity index (χ3v) is 9.14. The largest absolute Gasteiger partial charge is 0.393 e. The van der Waals surface area contributed by atoms with Gasteiger partial charge in [-0.05, 0) is 70.5 Å². The van der Waals surface area contributed by atoms with Gasteiger partial charge < -0.3 is 14.6 Å². The predicted molar refractivity (Wildman–Crippen MR) is 134 cm³/mol. The summed E-state index contributed by atoms with van der Waals surface area (Å²) >= 11 is 9.79. The van der Waals surface area contributed by atoms with Crippen molar-refractivity contribution in [3.63, 3.8) is 0 Å². The third-order valence-electron chi connectivity index (χ3n) is 6.40. The number of aromatic nitrogens is 2. The molecule has 0 radical (unpaired) electrons. The molecule has 6 nitrogen and oxygen atoms in total. The second kappa shape index (κ2) is 9.49. The SMILES string of the molecule is Cc1nc2sc(C(C)(C)OC3COC3)cn2c1-c1ccc(Cl)c(SNC2CCC(O)CC2)c1. The fraction of sp³-hybridized carbons (Fsp3) is 0.542. The molecule has 1 aromatic carbocycles. The van der Waals surface area contributed by atoms with E-state index in [1.165, 1.54) is 0 Å². The lowest BCUT2D eigenvalue weighted by Gasteiger charge is -2.34. The van der Waals surface area contributed by atoms with Gasteiger partial charge >= 0.3 is 0 Å². The van der Waals surface area contributed by atoms with Crippen molar-refractivity contribution in [1.82, 2.24) is 14.1 Å². The second-order valence-electron chi connectivity index (χ2n) is 9.45. The highest BCUT2D eigenvalue weighted by atomic mass is 35.5. The average Bonchev–Trinajstić information content (AvgIpc) is 3.29. The second-order valence-corrected chi connectivity index (χ2v) is 11.7.